The average Bonchev–Trinajstić information content (AvgIpc) is 2.30. The standard InChI is InChI=1S/C14H19N3/c1-9-4-5-10(2)14-13(9)12(16-7-6-15)8-11(3)17-14/h4-5,8H,6-7,15H2,1-3H3,(H,16,17). The van der Waals surface area contributed by atoms with E-state index in [-0.39, 0.29) is 0 Å². The molecule has 90 valence electrons. The summed E-state index contributed by atoms with van der Waals surface area (Å²) in [4.78, 5) is 4.63. The van der Waals surface area contributed by atoms with Crippen molar-refractivity contribution >= 4 is 16.6 Å². The highest BCUT2D eigenvalue weighted by Gasteiger charge is 2.08. The van der Waals surface area contributed by atoms with Crippen molar-refractivity contribution in [1.82, 2.24) is 4.98 Å². The Hall–Kier alpha value is -1.61. The Morgan fingerprint density at radius 2 is 1.88 bits per heavy atom. The molecule has 2 aromatic rings. The highest BCUT2D eigenvalue weighted by Crippen LogP contribution is 2.28. The van der Waals surface area contributed by atoms with Crippen molar-refractivity contribution in [3.05, 3.63) is 35.0 Å². The van der Waals surface area contributed by atoms with Crippen LogP contribution < -0.4 is 11.1 Å². The van der Waals surface area contributed by atoms with E-state index in [1.165, 1.54) is 16.5 Å². The highest BCUT2D eigenvalue weighted by atomic mass is 14.9. The van der Waals surface area contributed by atoms with Gasteiger partial charge in [0, 0.05) is 29.9 Å². The van der Waals surface area contributed by atoms with Crippen LogP contribution in [0.4, 0.5) is 5.69 Å². The maximum absolute atomic E-state index is 5.55. The summed E-state index contributed by atoms with van der Waals surface area (Å²) in [6.07, 6.45) is 0. The lowest BCUT2D eigenvalue weighted by Gasteiger charge is -2.13. The molecule has 0 saturated heterocycles. The number of nitrogens with zero attached hydrogens (tertiary/aromatic N) is 1. The molecule has 3 N–H and O–H groups in total. The number of aromatic nitrogens is 1. The summed E-state index contributed by atoms with van der Waals surface area (Å²) in [6.45, 7) is 7.65. The molecular weight excluding hydrogens is 210 g/mol. The summed E-state index contributed by atoms with van der Waals surface area (Å²) < 4.78 is 0. The Morgan fingerprint density at radius 3 is 2.59 bits per heavy atom. The van der Waals surface area contributed by atoms with Crippen LogP contribution in [0.1, 0.15) is 16.8 Å². The van der Waals surface area contributed by atoms with Gasteiger partial charge in [-0.25, -0.2) is 0 Å². The van der Waals surface area contributed by atoms with E-state index in [2.05, 4.69) is 42.3 Å². The van der Waals surface area contributed by atoms with Crippen LogP contribution in [0.5, 0.6) is 0 Å². The van der Waals surface area contributed by atoms with Gasteiger partial charge >= 0.3 is 0 Å². The number of hydrogen-bond donors (Lipinski definition) is 2. The van der Waals surface area contributed by atoms with E-state index >= 15 is 0 Å². The fourth-order valence-electron chi connectivity index (χ4n) is 2.12. The van der Waals surface area contributed by atoms with Crippen LogP contribution >= 0.6 is 0 Å². The van der Waals surface area contributed by atoms with Crippen LogP contribution in [-0.4, -0.2) is 18.1 Å². The Labute approximate surface area is 102 Å². The average molecular weight is 229 g/mol. The molecule has 0 atom stereocenters. The van der Waals surface area contributed by atoms with Crippen molar-refractivity contribution in [3.8, 4) is 0 Å². The number of fused-ring (bicyclic) bond motifs is 1. The molecule has 0 spiro atoms. The number of aryl methyl sites for hydroxylation is 3. The molecule has 0 bridgehead atoms. The predicted molar refractivity (Wildman–Crippen MR) is 73.5 cm³/mol. The fourth-order valence-corrected chi connectivity index (χ4v) is 2.12. The topological polar surface area (TPSA) is 50.9 Å². The van der Waals surface area contributed by atoms with Crippen molar-refractivity contribution in [1.29, 1.82) is 0 Å². The zero-order chi connectivity index (χ0) is 12.4. The van der Waals surface area contributed by atoms with Crippen LogP contribution in [0.3, 0.4) is 0 Å². The largest absolute Gasteiger partial charge is 0.383 e. The van der Waals surface area contributed by atoms with Crippen molar-refractivity contribution < 1.29 is 0 Å². The molecule has 1 aromatic carbocycles. The van der Waals surface area contributed by atoms with Crippen molar-refractivity contribution in [2.45, 2.75) is 20.8 Å². The predicted octanol–water partition coefficient (Wildman–Crippen LogP) is 2.53. The van der Waals surface area contributed by atoms with Gasteiger partial charge in [-0.1, -0.05) is 12.1 Å². The maximum Gasteiger partial charge on any atom is 0.0757 e. The van der Waals surface area contributed by atoms with Crippen molar-refractivity contribution in [3.63, 3.8) is 0 Å². The normalized spacial score (nSPS) is 10.8. The van der Waals surface area contributed by atoms with Gasteiger partial charge in [0.1, 0.15) is 0 Å². The van der Waals surface area contributed by atoms with E-state index in [9.17, 15) is 0 Å². The second-order valence-electron chi connectivity index (χ2n) is 4.45. The molecule has 0 fully saturated rings. The van der Waals surface area contributed by atoms with Gasteiger partial charge < -0.3 is 11.1 Å². The van der Waals surface area contributed by atoms with Gasteiger partial charge in [0.15, 0.2) is 0 Å². The molecule has 1 heterocycles. The number of nitrogens with one attached hydrogen (secondary N) is 1. The van der Waals surface area contributed by atoms with Crippen LogP contribution in [0.2, 0.25) is 0 Å². The summed E-state index contributed by atoms with van der Waals surface area (Å²) in [6, 6.07) is 6.35. The quantitative estimate of drug-likeness (QED) is 0.850. The third-order valence-corrected chi connectivity index (χ3v) is 2.96. The van der Waals surface area contributed by atoms with E-state index in [0.29, 0.717) is 6.54 Å². The first-order valence-corrected chi connectivity index (χ1v) is 5.95. The smallest absolute Gasteiger partial charge is 0.0757 e. The van der Waals surface area contributed by atoms with E-state index in [1.807, 2.05) is 6.92 Å². The summed E-state index contributed by atoms with van der Waals surface area (Å²) in [5.74, 6) is 0. The minimum atomic E-state index is 0.633. The Kier molecular flexibility index (Phi) is 3.29. The number of benzene rings is 1. The molecule has 2 rings (SSSR count). The zero-order valence-corrected chi connectivity index (χ0v) is 10.7. The third-order valence-electron chi connectivity index (χ3n) is 2.96. The molecule has 3 nitrogen and oxygen atoms in total. The molecule has 1 aromatic heterocycles. The zero-order valence-electron chi connectivity index (χ0n) is 10.7. The van der Waals surface area contributed by atoms with E-state index in [1.54, 1.807) is 0 Å². The van der Waals surface area contributed by atoms with Crippen LogP contribution in [-0.2, 0) is 0 Å². The molecule has 3 heteroatoms. The molecule has 17 heavy (non-hydrogen) atoms. The monoisotopic (exact) mass is 229 g/mol. The number of nitrogens with two attached hydrogens (primary N) is 1. The van der Waals surface area contributed by atoms with E-state index in [0.717, 1.165) is 23.4 Å². The number of pyridine rings is 1. The molecule has 0 aliphatic rings. The lowest BCUT2D eigenvalue weighted by atomic mass is 10.0. The van der Waals surface area contributed by atoms with E-state index in [4.69, 9.17) is 5.73 Å². The van der Waals surface area contributed by atoms with Gasteiger partial charge in [-0.3, -0.25) is 4.98 Å². The van der Waals surface area contributed by atoms with Crippen LogP contribution in [0, 0.1) is 20.8 Å². The molecular formula is C14H19N3. The minimum Gasteiger partial charge on any atom is -0.383 e. The maximum atomic E-state index is 5.55. The van der Waals surface area contributed by atoms with Crippen molar-refractivity contribution in [2.24, 2.45) is 5.73 Å². The third kappa shape index (κ3) is 2.24. The Bertz CT molecular complexity index is 547. The first-order valence-electron chi connectivity index (χ1n) is 5.95. The number of anilines is 1. The fraction of sp³-hybridized carbons (Fsp3) is 0.357. The summed E-state index contributed by atoms with van der Waals surface area (Å²) in [5.41, 5.74) is 11.3. The van der Waals surface area contributed by atoms with Gasteiger partial charge in [0.05, 0.1) is 5.52 Å². The summed E-state index contributed by atoms with van der Waals surface area (Å²) >= 11 is 0. The second-order valence-corrected chi connectivity index (χ2v) is 4.45. The minimum absolute atomic E-state index is 0.633. The first-order chi connectivity index (χ1) is 8.13. The number of rotatable bonds is 3. The SMILES string of the molecule is Cc1cc(NCCN)c2c(C)ccc(C)c2n1. The second kappa shape index (κ2) is 4.72. The highest BCUT2D eigenvalue weighted by molar-refractivity contribution is 5.96. The lowest BCUT2D eigenvalue weighted by molar-refractivity contribution is 1.02. The Morgan fingerprint density at radius 1 is 1.18 bits per heavy atom. The molecule has 0 aliphatic carbocycles. The van der Waals surface area contributed by atoms with Crippen LogP contribution in [0.15, 0.2) is 18.2 Å². The lowest BCUT2D eigenvalue weighted by Crippen LogP contribution is -2.13. The summed E-state index contributed by atoms with van der Waals surface area (Å²) in [5, 5.41) is 4.59. The Balaban J connectivity index is 2.68. The number of hydrogen-bond acceptors (Lipinski definition) is 3. The van der Waals surface area contributed by atoms with Crippen LogP contribution in [0.25, 0.3) is 10.9 Å². The molecule has 0 saturated carbocycles. The van der Waals surface area contributed by atoms with Gasteiger partial charge in [-0.2, -0.15) is 0 Å². The molecule has 0 amide bonds. The van der Waals surface area contributed by atoms with Gasteiger partial charge in [-0.05, 0) is 38.0 Å². The molecule has 0 aliphatic heterocycles. The van der Waals surface area contributed by atoms with Gasteiger partial charge in [0.25, 0.3) is 0 Å². The first kappa shape index (κ1) is 11.9. The molecule has 0 radical (unpaired) electrons. The van der Waals surface area contributed by atoms with Gasteiger partial charge in [0.2, 0.25) is 0 Å². The molecule has 0 unspecified atom stereocenters. The van der Waals surface area contributed by atoms with Crippen molar-refractivity contribution in [2.75, 3.05) is 18.4 Å². The summed E-state index contributed by atoms with van der Waals surface area (Å²) in [7, 11) is 0. The van der Waals surface area contributed by atoms with Gasteiger partial charge in [-0.15, -0.1) is 0 Å². The van der Waals surface area contributed by atoms with E-state index < -0.39 is 0 Å².